The molecular formula is C16H26O. The molecule has 2 aliphatic carbocycles. The van der Waals surface area contributed by atoms with Crippen LogP contribution in [0.1, 0.15) is 47.0 Å². The van der Waals surface area contributed by atoms with Crippen LogP contribution in [0.4, 0.5) is 0 Å². The molecule has 1 N–H and O–H groups in total. The average molecular weight is 234 g/mol. The second kappa shape index (κ2) is 4.61. The van der Waals surface area contributed by atoms with E-state index in [-0.39, 0.29) is 6.10 Å². The Morgan fingerprint density at radius 2 is 2.06 bits per heavy atom. The van der Waals surface area contributed by atoms with Crippen LogP contribution in [-0.2, 0) is 0 Å². The molecule has 96 valence electrons. The van der Waals surface area contributed by atoms with Gasteiger partial charge in [0.25, 0.3) is 0 Å². The summed E-state index contributed by atoms with van der Waals surface area (Å²) in [7, 11) is 0. The highest BCUT2D eigenvalue weighted by Crippen LogP contribution is 2.47. The fourth-order valence-electron chi connectivity index (χ4n) is 3.33. The van der Waals surface area contributed by atoms with E-state index in [0.717, 1.165) is 12.3 Å². The first kappa shape index (κ1) is 12.9. The van der Waals surface area contributed by atoms with E-state index in [1.807, 2.05) is 6.08 Å². The van der Waals surface area contributed by atoms with Crippen molar-refractivity contribution in [2.75, 3.05) is 0 Å². The predicted octanol–water partition coefficient (Wildman–Crippen LogP) is 3.94. The van der Waals surface area contributed by atoms with Gasteiger partial charge in [0.15, 0.2) is 0 Å². The number of hydrogen-bond donors (Lipinski definition) is 1. The third-order valence-corrected chi connectivity index (χ3v) is 5.26. The van der Waals surface area contributed by atoms with E-state index < -0.39 is 0 Å². The van der Waals surface area contributed by atoms with Crippen LogP contribution in [0.3, 0.4) is 0 Å². The van der Waals surface area contributed by atoms with Crippen molar-refractivity contribution in [3.63, 3.8) is 0 Å². The third kappa shape index (κ3) is 2.49. The molecule has 0 aromatic carbocycles. The van der Waals surface area contributed by atoms with Gasteiger partial charge in [0, 0.05) is 0 Å². The lowest BCUT2D eigenvalue weighted by Gasteiger charge is -2.36. The summed E-state index contributed by atoms with van der Waals surface area (Å²) in [4.78, 5) is 0. The number of rotatable bonds is 2. The van der Waals surface area contributed by atoms with Crippen molar-refractivity contribution in [2.45, 2.75) is 53.1 Å². The van der Waals surface area contributed by atoms with E-state index in [4.69, 9.17) is 0 Å². The molecule has 0 fully saturated rings. The van der Waals surface area contributed by atoms with Crippen molar-refractivity contribution >= 4 is 0 Å². The molecule has 4 unspecified atom stereocenters. The van der Waals surface area contributed by atoms with Gasteiger partial charge in [-0.25, -0.2) is 0 Å². The van der Waals surface area contributed by atoms with Gasteiger partial charge in [-0.15, -0.1) is 0 Å². The molecule has 0 aliphatic heterocycles. The van der Waals surface area contributed by atoms with E-state index in [1.54, 1.807) is 5.57 Å². The number of aliphatic hydroxyl groups is 1. The molecule has 0 saturated carbocycles. The number of allylic oxidation sites excluding steroid dienone is 3. The van der Waals surface area contributed by atoms with Gasteiger partial charge in [-0.2, -0.15) is 0 Å². The smallest absolute Gasteiger partial charge is 0.0723 e. The zero-order valence-corrected chi connectivity index (χ0v) is 11.6. The highest BCUT2D eigenvalue weighted by atomic mass is 16.3. The van der Waals surface area contributed by atoms with Crippen molar-refractivity contribution in [1.82, 2.24) is 0 Å². The Bertz CT molecular complexity index is 337. The van der Waals surface area contributed by atoms with Gasteiger partial charge in [-0.3, -0.25) is 0 Å². The Hall–Kier alpha value is -0.560. The second-order valence-electron chi connectivity index (χ2n) is 6.58. The average Bonchev–Trinajstić information content (AvgIpc) is 2.50. The fourth-order valence-corrected chi connectivity index (χ4v) is 3.33. The molecule has 17 heavy (non-hydrogen) atoms. The van der Waals surface area contributed by atoms with Gasteiger partial charge >= 0.3 is 0 Å². The maximum atomic E-state index is 9.75. The van der Waals surface area contributed by atoms with Crippen LogP contribution >= 0.6 is 0 Å². The summed E-state index contributed by atoms with van der Waals surface area (Å²) in [5.74, 6) is 2.03. The van der Waals surface area contributed by atoms with Gasteiger partial charge in [0.2, 0.25) is 0 Å². The van der Waals surface area contributed by atoms with Crippen molar-refractivity contribution in [2.24, 2.45) is 23.2 Å². The topological polar surface area (TPSA) is 20.2 Å². The lowest BCUT2D eigenvalue weighted by atomic mass is 9.70. The monoisotopic (exact) mass is 234 g/mol. The van der Waals surface area contributed by atoms with Crippen LogP contribution in [0.2, 0.25) is 0 Å². The van der Waals surface area contributed by atoms with E-state index in [0.29, 0.717) is 17.3 Å². The van der Waals surface area contributed by atoms with Crippen LogP contribution in [0.15, 0.2) is 23.8 Å². The molecule has 0 aromatic heterocycles. The molecule has 0 saturated heterocycles. The molecule has 1 heteroatoms. The lowest BCUT2D eigenvalue weighted by Crippen LogP contribution is -2.28. The Balaban J connectivity index is 2.01. The highest BCUT2D eigenvalue weighted by Gasteiger charge is 2.37. The molecule has 0 heterocycles. The maximum absolute atomic E-state index is 9.75. The van der Waals surface area contributed by atoms with Gasteiger partial charge in [0.05, 0.1) is 6.10 Å². The van der Waals surface area contributed by atoms with Crippen LogP contribution in [-0.4, -0.2) is 11.2 Å². The van der Waals surface area contributed by atoms with Crippen LogP contribution in [0.25, 0.3) is 0 Å². The summed E-state index contributed by atoms with van der Waals surface area (Å²) >= 11 is 0. The Morgan fingerprint density at radius 3 is 2.65 bits per heavy atom. The molecule has 0 bridgehead atoms. The van der Waals surface area contributed by atoms with Crippen molar-refractivity contribution in [3.05, 3.63) is 23.8 Å². The largest absolute Gasteiger partial charge is 0.389 e. The first-order valence-electron chi connectivity index (χ1n) is 6.95. The molecule has 0 aromatic rings. The quantitative estimate of drug-likeness (QED) is 0.717. The van der Waals surface area contributed by atoms with Crippen LogP contribution < -0.4 is 0 Å². The minimum atomic E-state index is -0.213. The number of aliphatic hydroxyl groups excluding tert-OH is 1. The first-order chi connectivity index (χ1) is 7.91. The molecule has 2 aliphatic rings. The SMILES string of the molecule is CC1=CCC(CC2CC(O)C=CC2C)C1(C)C. The molecular weight excluding hydrogens is 208 g/mol. The molecule has 4 atom stereocenters. The Labute approximate surface area is 106 Å². The standard InChI is InChI=1S/C16H26O/c1-11-5-8-15(17)10-13(11)9-14-7-6-12(2)16(14,3)4/h5-6,8,11,13-15,17H,7,9-10H2,1-4H3. The van der Waals surface area contributed by atoms with Crippen molar-refractivity contribution < 1.29 is 5.11 Å². The molecule has 0 radical (unpaired) electrons. The predicted molar refractivity (Wildman–Crippen MR) is 72.7 cm³/mol. The number of hydrogen-bond acceptors (Lipinski definition) is 1. The van der Waals surface area contributed by atoms with Crippen LogP contribution in [0, 0.1) is 23.2 Å². The summed E-state index contributed by atoms with van der Waals surface area (Å²) in [6, 6.07) is 0. The van der Waals surface area contributed by atoms with Crippen LogP contribution in [0.5, 0.6) is 0 Å². The summed E-state index contributed by atoms with van der Waals surface area (Å²) in [5, 5.41) is 9.75. The molecule has 0 spiro atoms. The molecule has 2 rings (SSSR count). The Kier molecular flexibility index (Phi) is 3.49. The molecule has 0 amide bonds. The fraction of sp³-hybridized carbons (Fsp3) is 0.750. The second-order valence-corrected chi connectivity index (χ2v) is 6.58. The van der Waals surface area contributed by atoms with Gasteiger partial charge in [-0.1, -0.05) is 44.6 Å². The van der Waals surface area contributed by atoms with E-state index in [9.17, 15) is 5.11 Å². The van der Waals surface area contributed by atoms with E-state index in [1.165, 1.54) is 12.8 Å². The van der Waals surface area contributed by atoms with Gasteiger partial charge in [-0.05, 0) is 49.4 Å². The zero-order chi connectivity index (χ0) is 12.6. The summed E-state index contributed by atoms with van der Waals surface area (Å²) < 4.78 is 0. The third-order valence-electron chi connectivity index (χ3n) is 5.26. The van der Waals surface area contributed by atoms with E-state index in [2.05, 4.69) is 39.8 Å². The van der Waals surface area contributed by atoms with E-state index >= 15 is 0 Å². The van der Waals surface area contributed by atoms with Gasteiger partial charge in [0.1, 0.15) is 0 Å². The Morgan fingerprint density at radius 1 is 1.35 bits per heavy atom. The minimum Gasteiger partial charge on any atom is -0.389 e. The summed E-state index contributed by atoms with van der Waals surface area (Å²) in [6.45, 7) is 9.29. The first-order valence-corrected chi connectivity index (χ1v) is 6.95. The molecule has 1 nitrogen and oxygen atoms in total. The minimum absolute atomic E-state index is 0.213. The normalized spacial score (nSPS) is 40.4. The zero-order valence-electron chi connectivity index (χ0n) is 11.6. The summed E-state index contributed by atoms with van der Waals surface area (Å²) in [5.41, 5.74) is 1.90. The van der Waals surface area contributed by atoms with Crippen molar-refractivity contribution in [3.8, 4) is 0 Å². The summed E-state index contributed by atoms with van der Waals surface area (Å²) in [6.07, 6.45) is 9.78. The van der Waals surface area contributed by atoms with Crippen molar-refractivity contribution in [1.29, 1.82) is 0 Å². The highest BCUT2D eigenvalue weighted by molar-refractivity contribution is 5.18. The maximum Gasteiger partial charge on any atom is 0.0723 e. The lowest BCUT2D eigenvalue weighted by molar-refractivity contribution is 0.131. The van der Waals surface area contributed by atoms with Gasteiger partial charge < -0.3 is 5.11 Å².